The highest BCUT2D eigenvalue weighted by atomic mass is 16.5. The van der Waals surface area contributed by atoms with E-state index in [1.165, 1.54) is 12.4 Å². The number of rotatable bonds is 1. The molecule has 1 unspecified atom stereocenters. The lowest BCUT2D eigenvalue weighted by atomic mass is 10.3. The Bertz CT molecular complexity index is 436. The van der Waals surface area contributed by atoms with Crippen molar-refractivity contribution >= 4 is 5.82 Å². The number of nitrogens with one attached hydrogen (secondary N) is 1. The highest BCUT2D eigenvalue weighted by Crippen LogP contribution is 2.09. The van der Waals surface area contributed by atoms with Gasteiger partial charge in [0.2, 0.25) is 0 Å². The molecule has 1 aliphatic heterocycles. The molecular formula is C9H10N4O2. The van der Waals surface area contributed by atoms with Crippen molar-refractivity contribution in [2.45, 2.75) is 6.10 Å². The third-order valence-electron chi connectivity index (χ3n) is 2.20. The number of hydrogen-bond acceptors (Lipinski definition) is 5. The summed E-state index contributed by atoms with van der Waals surface area (Å²) in [5.74, 6) is 0.348. The van der Waals surface area contributed by atoms with Gasteiger partial charge in [-0.3, -0.25) is 4.79 Å². The first-order valence-corrected chi connectivity index (χ1v) is 4.61. The third-order valence-corrected chi connectivity index (χ3v) is 2.20. The van der Waals surface area contributed by atoms with E-state index in [2.05, 4.69) is 9.97 Å². The van der Waals surface area contributed by atoms with Crippen LogP contribution >= 0.6 is 0 Å². The van der Waals surface area contributed by atoms with Crippen LogP contribution in [0, 0.1) is 11.3 Å². The summed E-state index contributed by atoms with van der Waals surface area (Å²) in [5, 5.41) is 8.72. The molecule has 6 heteroatoms. The fourth-order valence-corrected chi connectivity index (χ4v) is 1.49. The Kier molecular flexibility index (Phi) is 2.65. The van der Waals surface area contributed by atoms with Gasteiger partial charge in [0, 0.05) is 18.9 Å². The standard InChI is InChI=1S/C9H10N4O2/c10-5-7-6-13(3-4-15-7)8-9(14)12-2-1-11-8/h1-2,7H,3-4,6H2,(H,12,14). The first-order chi connectivity index (χ1) is 7.31. The second kappa shape index (κ2) is 4.11. The lowest BCUT2D eigenvalue weighted by Crippen LogP contribution is -2.44. The molecule has 1 N–H and O–H groups in total. The van der Waals surface area contributed by atoms with Gasteiger partial charge in [-0.1, -0.05) is 0 Å². The van der Waals surface area contributed by atoms with Gasteiger partial charge in [-0.2, -0.15) is 5.26 Å². The van der Waals surface area contributed by atoms with Gasteiger partial charge in [0.25, 0.3) is 5.56 Å². The average molecular weight is 206 g/mol. The van der Waals surface area contributed by atoms with Gasteiger partial charge in [-0.15, -0.1) is 0 Å². The zero-order chi connectivity index (χ0) is 10.7. The van der Waals surface area contributed by atoms with Gasteiger partial charge < -0.3 is 14.6 Å². The SMILES string of the molecule is N#CC1CN(c2ncc[nH]c2=O)CCO1. The van der Waals surface area contributed by atoms with E-state index >= 15 is 0 Å². The molecule has 0 bridgehead atoms. The fourth-order valence-electron chi connectivity index (χ4n) is 1.49. The molecule has 0 aromatic carbocycles. The molecule has 1 aliphatic rings. The molecule has 0 saturated carbocycles. The lowest BCUT2D eigenvalue weighted by molar-refractivity contribution is 0.0760. The summed E-state index contributed by atoms with van der Waals surface area (Å²) in [6.07, 6.45) is 2.52. The number of ether oxygens (including phenoxy) is 1. The number of anilines is 1. The molecule has 6 nitrogen and oxygen atoms in total. The van der Waals surface area contributed by atoms with Crippen LogP contribution in [0.15, 0.2) is 17.2 Å². The van der Waals surface area contributed by atoms with Crippen molar-refractivity contribution in [2.75, 3.05) is 24.6 Å². The van der Waals surface area contributed by atoms with Crippen LogP contribution in [0.3, 0.4) is 0 Å². The monoisotopic (exact) mass is 206 g/mol. The molecule has 15 heavy (non-hydrogen) atoms. The van der Waals surface area contributed by atoms with Crippen LogP contribution < -0.4 is 10.5 Å². The summed E-state index contributed by atoms with van der Waals surface area (Å²) >= 11 is 0. The van der Waals surface area contributed by atoms with Crippen molar-refractivity contribution in [3.8, 4) is 6.07 Å². The molecule has 1 fully saturated rings. The second-order valence-corrected chi connectivity index (χ2v) is 3.18. The van der Waals surface area contributed by atoms with Gasteiger partial charge in [-0.05, 0) is 0 Å². The Morgan fingerprint density at radius 3 is 3.33 bits per heavy atom. The van der Waals surface area contributed by atoms with E-state index in [4.69, 9.17) is 10.00 Å². The largest absolute Gasteiger partial charge is 0.360 e. The van der Waals surface area contributed by atoms with Crippen molar-refractivity contribution in [1.29, 1.82) is 5.26 Å². The molecule has 1 saturated heterocycles. The number of hydrogen-bond donors (Lipinski definition) is 1. The summed E-state index contributed by atoms with van der Waals surface area (Å²) in [6.45, 7) is 1.41. The normalized spacial score (nSPS) is 21.0. The number of nitrogens with zero attached hydrogens (tertiary/aromatic N) is 3. The van der Waals surface area contributed by atoms with E-state index in [9.17, 15) is 4.79 Å². The van der Waals surface area contributed by atoms with E-state index in [0.717, 1.165) is 0 Å². The van der Waals surface area contributed by atoms with Crippen LogP contribution in [-0.2, 0) is 4.74 Å². The van der Waals surface area contributed by atoms with Gasteiger partial charge >= 0.3 is 0 Å². The summed E-state index contributed by atoms with van der Waals surface area (Å²) in [5.41, 5.74) is -0.240. The first-order valence-electron chi connectivity index (χ1n) is 4.61. The van der Waals surface area contributed by atoms with Crippen molar-refractivity contribution in [1.82, 2.24) is 9.97 Å². The molecule has 1 aromatic heterocycles. The first kappa shape index (κ1) is 9.68. The maximum absolute atomic E-state index is 11.4. The summed E-state index contributed by atoms with van der Waals surface area (Å²) in [4.78, 5) is 19.7. The predicted octanol–water partition coefficient (Wildman–Crippen LogP) is -0.501. The van der Waals surface area contributed by atoms with Gasteiger partial charge in [-0.25, -0.2) is 4.98 Å². The molecule has 0 spiro atoms. The number of H-pyrrole nitrogens is 1. The highest BCUT2D eigenvalue weighted by Gasteiger charge is 2.22. The van der Waals surface area contributed by atoms with E-state index in [0.29, 0.717) is 25.5 Å². The Labute approximate surface area is 86.1 Å². The van der Waals surface area contributed by atoms with E-state index in [1.807, 2.05) is 6.07 Å². The van der Waals surface area contributed by atoms with E-state index in [1.54, 1.807) is 4.90 Å². The Morgan fingerprint density at radius 2 is 2.60 bits per heavy atom. The molecule has 1 aromatic rings. The van der Waals surface area contributed by atoms with Crippen molar-refractivity contribution in [3.63, 3.8) is 0 Å². The van der Waals surface area contributed by atoms with Crippen LogP contribution in [0.2, 0.25) is 0 Å². The highest BCUT2D eigenvalue weighted by molar-refractivity contribution is 5.36. The van der Waals surface area contributed by atoms with Crippen molar-refractivity contribution in [2.24, 2.45) is 0 Å². The average Bonchev–Trinajstić information content (AvgIpc) is 2.30. The number of nitriles is 1. The van der Waals surface area contributed by atoms with E-state index < -0.39 is 6.10 Å². The van der Waals surface area contributed by atoms with Gasteiger partial charge in [0.1, 0.15) is 0 Å². The predicted molar refractivity (Wildman–Crippen MR) is 52.4 cm³/mol. The lowest BCUT2D eigenvalue weighted by Gasteiger charge is -2.29. The Morgan fingerprint density at radius 1 is 1.73 bits per heavy atom. The maximum Gasteiger partial charge on any atom is 0.290 e. The molecule has 0 radical (unpaired) electrons. The van der Waals surface area contributed by atoms with E-state index in [-0.39, 0.29) is 5.56 Å². The minimum Gasteiger partial charge on any atom is -0.360 e. The maximum atomic E-state index is 11.4. The topological polar surface area (TPSA) is 82.0 Å². The number of aromatic amines is 1. The number of aromatic nitrogens is 2. The Hall–Kier alpha value is -1.87. The molecule has 2 heterocycles. The molecule has 0 amide bonds. The summed E-state index contributed by atoms with van der Waals surface area (Å²) in [6, 6.07) is 2.02. The zero-order valence-electron chi connectivity index (χ0n) is 8.01. The molecule has 1 atom stereocenters. The zero-order valence-corrected chi connectivity index (χ0v) is 8.01. The van der Waals surface area contributed by atoms with Gasteiger partial charge in [0.15, 0.2) is 11.9 Å². The second-order valence-electron chi connectivity index (χ2n) is 3.18. The van der Waals surface area contributed by atoms with Crippen LogP contribution in [-0.4, -0.2) is 35.8 Å². The molecular weight excluding hydrogens is 196 g/mol. The summed E-state index contributed by atoms with van der Waals surface area (Å²) in [7, 11) is 0. The smallest absolute Gasteiger partial charge is 0.290 e. The number of morpholine rings is 1. The quantitative estimate of drug-likeness (QED) is 0.669. The fraction of sp³-hybridized carbons (Fsp3) is 0.444. The van der Waals surface area contributed by atoms with Gasteiger partial charge in [0.05, 0.1) is 19.2 Å². The third kappa shape index (κ3) is 1.97. The molecule has 78 valence electrons. The summed E-state index contributed by atoms with van der Waals surface area (Å²) < 4.78 is 5.18. The minimum atomic E-state index is -0.486. The Balaban J connectivity index is 2.21. The van der Waals surface area contributed by atoms with Crippen molar-refractivity contribution in [3.05, 3.63) is 22.7 Å². The van der Waals surface area contributed by atoms with Crippen LogP contribution in [0.5, 0.6) is 0 Å². The van der Waals surface area contributed by atoms with Crippen LogP contribution in [0.1, 0.15) is 0 Å². The van der Waals surface area contributed by atoms with Crippen molar-refractivity contribution < 1.29 is 4.74 Å². The minimum absolute atomic E-state index is 0.240. The van der Waals surface area contributed by atoms with Crippen LogP contribution in [0.25, 0.3) is 0 Å². The van der Waals surface area contributed by atoms with Crippen LogP contribution in [0.4, 0.5) is 5.82 Å². The molecule has 2 rings (SSSR count). The molecule has 0 aliphatic carbocycles.